The Hall–Kier alpha value is -2.20. The predicted molar refractivity (Wildman–Crippen MR) is 108 cm³/mol. The average Bonchev–Trinajstić information content (AvgIpc) is 3.26. The SMILES string of the molecule is CC(C)(C)c1ccc(C(=O)C[n+]2cc(-c3ccccc3)n3c2CCC3)cc1.[Br-]. The molecule has 0 radical (unpaired) electrons. The maximum absolute atomic E-state index is 12.9. The molecule has 2 heterocycles. The zero-order chi connectivity index (χ0) is 19.0. The van der Waals surface area contributed by atoms with Crippen LogP contribution in [-0.2, 0) is 24.9 Å². The molecule has 3 nitrogen and oxygen atoms in total. The number of fused-ring (bicyclic) bond motifs is 1. The first-order valence-corrected chi connectivity index (χ1v) is 9.74. The molecule has 4 heteroatoms. The van der Waals surface area contributed by atoms with E-state index in [9.17, 15) is 4.79 Å². The van der Waals surface area contributed by atoms with Crippen molar-refractivity contribution in [3.8, 4) is 11.3 Å². The highest BCUT2D eigenvalue weighted by Crippen LogP contribution is 2.25. The van der Waals surface area contributed by atoms with E-state index in [1.807, 2.05) is 18.2 Å². The van der Waals surface area contributed by atoms with E-state index in [0.29, 0.717) is 6.54 Å². The van der Waals surface area contributed by atoms with Crippen molar-refractivity contribution in [3.63, 3.8) is 0 Å². The van der Waals surface area contributed by atoms with Crippen LogP contribution in [0.3, 0.4) is 0 Å². The van der Waals surface area contributed by atoms with Crippen LogP contribution in [0, 0.1) is 0 Å². The Balaban J connectivity index is 0.00000225. The van der Waals surface area contributed by atoms with Gasteiger partial charge in [-0.05, 0) is 17.4 Å². The van der Waals surface area contributed by atoms with E-state index in [1.54, 1.807) is 0 Å². The van der Waals surface area contributed by atoms with Gasteiger partial charge in [0, 0.05) is 11.1 Å². The number of halogens is 1. The minimum atomic E-state index is 0. The zero-order valence-electron chi connectivity index (χ0n) is 16.8. The molecule has 1 aliphatic heterocycles. The molecule has 0 fully saturated rings. The van der Waals surface area contributed by atoms with E-state index in [2.05, 4.69) is 72.5 Å². The number of carbonyl (C=O) groups excluding carboxylic acids is 1. The Morgan fingerprint density at radius 1 is 1.04 bits per heavy atom. The smallest absolute Gasteiger partial charge is 0.257 e. The van der Waals surface area contributed by atoms with Gasteiger partial charge in [-0.25, -0.2) is 9.13 Å². The van der Waals surface area contributed by atoms with Gasteiger partial charge in [-0.2, -0.15) is 0 Å². The monoisotopic (exact) mass is 438 g/mol. The first-order valence-electron chi connectivity index (χ1n) is 9.74. The quantitative estimate of drug-likeness (QED) is 0.448. The Morgan fingerprint density at radius 2 is 1.71 bits per heavy atom. The molecule has 0 spiro atoms. The molecule has 3 aromatic rings. The van der Waals surface area contributed by atoms with Gasteiger partial charge in [0.15, 0.2) is 12.2 Å². The summed E-state index contributed by atoms with van der Waals surface area (Å²) in [5.74, 6) is 1.42. The molecule has 2 aromatic carbocycles. The lowest BCUT2D eigenvalue weighted by molar-refractivity contribution is -0.689. The van der Waals surface area contributed by atoms with Crippen molar-refractivity contribution in [2.24, 2.45) is 0 Å². The van der Waals surface area contributed by atoms with E-state index in [-0.39, 0.29) is 28.2 Å². The van der Waals surface area contributed by atoms with Gasteiger partial charge in [0.1, 0.15) is 6.20 Å². The van der Waals surface area contributed by atoms with Crippen molar-refractivity contribution >= 4 is 5.78 Å². The third-order valence-corrected chi connectivity index (χ3v) is 5.45. The van der Waals surface area contributed by atoms with E-state index < -0.39 is 0 Å². The predicted octanol–water partition coefficient (Wildman–Crippen LogP) is 1.57. The number of nitrogens with zero attached hydrogens (tertiary/aromatic N) is 2. The van der Waals surface area contributed by atoms with Gasteiger partial charge >= 0.3 is 0 Å². The fourth-order valence-corrected chi connectivity index (χ4v) is 3.89. The number of hydrogen-bond donors (Lipinski definition) is 0. The lowest BCUT2D eigenvalue weighted by atomic mass is 9.86. The molecule has 0 N–H and O–H groups in total. The van der Waals surface area contributed by atoms with Gasteiger partial charge in [-0.15, -0.1) is 0 Å². The topological polar surface area (TPSA) is 25.9 Å². The Kier molecular flexibility index (Phi) is 5.90. The molecule has 0 saturated heterocycles. The first-order chi connectivity index (χ1) is 12.9. The van der Waals surface area contributed by atoms with E-state index in [4.69, 9.17) is 0 Å². The second-order valence-corrected chi connectivity index (χ2v) is 8.43. The van der Waals surface area contributed by atoms with Crippen LogP contribution < -0.4 is 21.5 Å². The van der Waals surface area contributed by atoms with Crippen molar-refractivity contribution in [1.82, 2.24) is 4.57 Å². The molecule has 4 rings (SSSR count). The molecule has 0 saturated carbocycles. The Morgan fingerprint density at radius 3 is 2.36 bits per heavy atom. The van der Waals surface area contributed by atoms with Gasteiger partial charge < -0.3 is 17.0 Å². The standard InChI is InChI=1S/C24H27N2O.BrH/c1-24(2,3)20-13-11-19(12-14-20)22(27)17-25-16-21(18-8-5-4-6-9-18)26-15-7-10-23(25)26;/h4-6,8-9,11-14,16H,7,10,15,17H2,1-3H3;1H/q+1;/p-1. The number of ketones is 1. The number of carbonyl (C=O) groups is 1. The summed E-state index contributed by atoms with van der Waals surface area (Å²) in [7, 11) is 0. The van der Waals surface area contributed by atoms with Crippen LogP contribution >= 0.6 is 0 Å². The summed E-state index contributed by atoms with van der Waals surface area (Å²) in [6.45, 7) is 8.00. The lowest BCUT2D eigenvalue weighted by Crippen LogP contribution is -3.00. The molecule has 0 amide bonds. The van der Waals surface area contributed by atoms with Crippen molar-refractivity contribution < 1.29 is 26.3 Å². The number of rotatable bonds is 4. The summed E-state index contributed by atoms with van der Waals surface area (Å²) in [6.07, 6.45) is 4.32. The highest BCUT2D eigenvalue weighted by Gasteiger charge is 2.29. The van der Waals surface area contributed by atoms with E-state index >= 15 is 0 Å². The third-order valence-electron chi connectivity index (χ3n) is 5.45. The molecular formula is C24H27BrN2O. The average molecular weight is 439 g/mol. The summed E-state index contributed by atoms with van der Waals surface area (Å²) in [6, 6.07) is 18.5. The summed E-state index contributed by atoms with van der Waals surface area (Å²) in [4.78, 5) is 12.9. The number of aromatic nitrogens is 2. The molecule has 146 valence electrons. The van der Waals surface area contributed by atoms with Crippen molar-refractivity contribution in [1.29, 1.82) is 0 Å². The molecule has 0 atom stereocenters. The number of benzene rings is 2. The second-order valence-electron chi connectivity index (χ2n) is 8.43. The van der Waals surface area contributed by atoms with Crippen molar-refractivity contribution in [2.45, 2.75) is 52.1 Å². The van der Waals surface area contributed by atoms with Gasteiger partial charge in [0.05, 0.1) is 13.0 Å². The van der Waals surface area contributed by atoms with Crippen molar-refractivity contribution in [2.75, 3.05) is 0 Å². The van der Waals surface area contributed by atoms with E-state index in [1.165, 1.54) is 22.6 Å². The largest absolute Gasteiger partial charge is 1.00 e. The van der Waals surface area contributed by atoms with Crippen LogP contribution in [0.1, 0.15) is 48.9 Å². The van der Waals surface area contributed by atoms with Crippen LogP contribution in [0.25, 0.3) is 11.3 Å². The van der Waals surface area contributed by atoms with Gasteiger partial charge in [-0.1, -0.05) is 75.4 Å². The van der Waals surface area contributed by atoms with Crippen LogP contribution in [0.15, 0.2) is 60.8 Å². The fraction of sp³-hybridized carbons (Fsp3) is 0.333. The Labute approximate surface area is 177 Å². The molecule has 28 heavy (non-hydrogen) atoms. The minimum absolute atomic E-state index is 0. The van der Waals surface area contributed by atoms with Crippen LogP contribution in [0.4, 0.5) is 0 Å². The third kappa shape index (κ3) is 3.97. The maximum atomic E-state index is 12.9. The maximum Gasteiger partial charge on any atom is 0.257 e. The van der Waals surface area contributed by atoms with Gasteiger partial charge in [0.2, 0.25) is 5.78 Å². The Bertz CT molecular complexity index is 966. The van der Waals surface area contributed by atoms with Crippen molar-refractivity contribution in [3.05, 3.63) is 77.7 Å². The first kappa shape index (κ1) is 20.5. The normalized spacial score (nSPS) is 13.1. The number of hydrogen-bond acceptors (Lipinski definition) is 1. The lowest BCUT2D eigenvalue weighted by Gasteiger charge is -2.18. The highest BCUT2D eigenvalue weighted by atomic mass is 79.9. The summed E-state index contributed by atoms with van der Waals surface area (Å²) < 4.78 is 4.51. The minimum Gasteiger partial charge on any atom is -1.00 e. The fourth-order valence-electron chi connectivity index (χ4n) is 3.89. The highest BCUT2D eigenvalue weighted by molar-refractivity contribution is 5.95. The van der Waals surface area contributed by atoms with Crippen LogP contribution in [0.2, 0.25) is 0 Å². The molecular weight excluding hydrogens is 412 g/mol. The molecule has 0 unspecified atom stereocenters. The van der Waals surface area contributed by atoms with Crippen LogP contribution in [0.5, 0.6) is 0 Å². The molecule has 1 aromatic heterocycles. The molecule has 0 aliphatic carbocycles. The van der Waals surface area contributed by atoms with Crippen LogP contribution in [-0.4, -0.2) is 10.4 Å². The second kappa shape index (κ2) is 8.04. The summed E-state index contributed by atoms with van der Waals surface area (Å²) >= 11 is 0. The molecule has 0 bridgehead atoms. The summed E-state index contributed by atoms with van der Waals surface area (Å²) in [5.41, 5.74) is 4.56. The van der Waals surface area contributed by atoms with Gasteiger partial charge in [-0.3, -0.25) is 4.79 Å². The molecule has 1 aliphatic rings. The summed E-state index contributed by atoms with van der Waals surface area (Å²) in [5, 5.41) is 0. The zero-order valence-corrected chi connectivity index (χ0v) is 18.4. The number of imidazole rings is 1. The number of Topliss-reactive ketones (excluding diaryl/α,β-unsaturated/α-hetero) is 1. The van der Waals surface area contributed by atoms with Gasteiger partial charge in [0.25, 0.3) is 5.82 Å². The van der Waals surface area contributed by atoms with E-state index in [0.717, 1.165) is 24.9 Å².